The number of carboxylic acid groups (broad SMARTS) is 1. The number of aliphatic carboxylic acids is 1. The van der Waals surface area contributed by atoms with E-state index >= 15 is 0 Å². The summed E-state index contributed by atoms with van der Waals surface area (Å²) in [6.45, 7) is 4.00. The van der Waals surface area contributed by atoms with Crippen LogP contribution in [0.2, 0.25) is 0 Å². The molecule has 142 valence electrons. The highest BCUT2D eigenvalue weighted by Crippen LogP contribution is 2.19. The number of nitrogens with zero attached hydrogens (tertiary/aromatic N) is 1. The predicted octanol–water partition coefficient (Wildman–Crippen LogP) is 1.66. The first-order valence-electron chi connectivity index (χ1n) is 8.84. The van der Waals surface area contributed by atoms with Crippen LogP contribution < -0.4 is 5.32 Å². The zero-order chi connectivity index (χ0) is 19.3. The van der Waals surface area contributed by atoms with E-state index in [1.807, 2.05) is 31.2 Å². The molecule has 1 saturated heterocycles. The molecule has 3 atom stereocenters. The third-order valence-corrected chi connectivity index (χ3v) is 5.31. The van der Waals surface area contributed by atoms with Gasteiger partial charge < -0.3 is 15.3 Å². The van der Waals surface area contributed by atoms with Gasteiger partial charge in [-0.15, -0.1) is 0 Å². The van der Waals surface area contributed by atoms with E-state index in [9.17, 15) is 19.5 Å². The number of benzene rings is 1. The Morgan fingerprint density at radius 1 is 1.35 bits per heavy atom. The van der Waals surface area contributed by atoms with E-state index < -0.39 is 18.1 Å². The second kappa shape index (κ2) is 9.07. The zero-order valence-corrected chi connectivity index (χ0v) is 16.0. The van der Waals surface area contributed by atoms with Crippen LogP contribution in [0.4, 0.5) is 0 Å². The second-order valence-corrected chi connectivity index (χ2v) is 7.13. The first-order valence-corrected chi connectivity index (χ1v) is 9.47. The molecule has 6 nitrogen and oxygen atoms in total. The van der Waals surface area contributed by atoms with E-state index in [2.05, 4.69) is 17.9 Å². The quantitative estimate of drug-likeness (QED) is 0.630. The molecule has 1 fully saturated rings. The smallest absolute Gasteiger partial charge is 0.326 e. The topological polar surface area (TPSA) is 86.7 Å². The maximum absolute atomic E-state index is 12.6. The molecule has 0 unspecified atom stereocenters. The molecule has 0 radical (unpaired) electrons. The number of thiol groups is 1. The van der Waals surface area contributed by atoms with Crippen molar-refractivity contribution in [1.82, 2.24) is 10.2 Å². The molecule has 0 aromatic heterocycles. The normalized spacial score (nSPS) is 19.0. The molecule has 1 heterocycles. The largest absolute Gasteiger partial charge is 0.480 e. The molecule has 1 aliphatic heterocycles. The highest BCUT2D eigenvalue weighted by atomic mass is 32.1. The molecule has 1 aliphatic rings. The zero-order valence-electron chi connectivity index (χ0n) is 15.1. The van der Waals surface area contributed by atoms with Crippen LogP contribution in [0, 0.1) is 12.8 Å². The molecule has 2 N–H and O–H groups in total. The maximum atomic E-state index is 12.6. The van der Waals surface area contributed by atoms with Crippen LogP contribution in [-0.2, 0) is 20.8 Å². The van der Waals surface area contributed by atoms with Crippen LogP contribution >= 0.6 is 12.6 Å². The Morgan fingerprint density at radius 3 is 2.65 bits per heavy atom. The van der Waals surface area contributed by atoms with Crippen LogP contribution in [0.25, 0.3) is 0 Å². The molecule has 0 spiro atoms. The standard InChI is InChI=1S/C19H26N2O4S/c1-12-6-3-4-7-14(12)10-15(11-26)17(22)20-13(2)18(23)21-9-5-8-16(21)19(24)25/h3-4,6-7,13,15-16,26H,5,8-11H2,1-2H3,(H,20,22)(H,24,25)/t13-,15+,16+/m0/s1. The lowest BCUT2D eigenvalue weighted by Crippen LogP contribution is -2.51. The molecule has 26 heavy (non-hydrogen) atoms. The fourth-order valence-corrected chi connectivity index (χ4v) is 3.57. The third kappa shape index (κ3) is 4.78. The van der Waals surface area contributed by atoms with Gasteiger partial charge in [0.1, 0.15) is 12.1 Å². The summed E-state index contributed by atoms with van der Waals surface area (Å²) in [6, 6.07) is 6.30. The van der Waals surface area contributed by atoms with Crippen LogP contribution in [0.1, 0.15) is 30.9 Å². The van der Waals surface area contributed by atoms with Crippen molar-refractivity contribution in [3.8, 4) is 0 Å². The molecule has 1 aromatic carbocycles. The van der Waals surface area contributed by atoms with Gasteiger partial charge >= 0.3 is 5.97 Å². The van der Waals surface area contributed by atoms with Crippen molar-refractivity contribution < 1.29 is 19.5 Å². The Kier molecular flexibility index (Phi) is 7.08. The van der Waals surface area contributed by atoms with E-state index in [1.165, 1.54) is 4.90 Å². The summed E-state index contributed by atoms with van der Waals surface area (Å²) in [5, 5.41) is 12.0. The van der Waals surface area contributed by atoms with Gasteiger partial charge in [-0.3, -0.25) is 9.59 Å². The Hall–Kier alpha value is -2.02. The van der Waals surface area contributed by atoms with Crippen LogP contribution in [0.3, 0.4) is 0 Å². The minimum absolute atomic E-state index is 0.241. The minimum Gasteiger partial charge on any atom is -0.480 e. The lowest BCUT2D eigenvalue weighted by Gasteiger charge is -2.26. The lowest BCUT2D eigenvalue weighted by molar-refractivity contribution is -0.149. The van der Waals surface area contributed by atoms with Crippen molar-refractivity contribution in [2.24, 2.45) is 5.92 Å². The summed E-state index contributed by atoms with van der Waals surface area (Å²) < 4.78 is 0. The lowest BCUT2D eigenvalue weighted by atomic mass is 9.96. The number of hydrogen-bond donors (Lipinski definition) is 3. The summed E-state index contributed by atoms with van der Waals surface area (Å²) >= 11 is 4.29. The molecule has 1 aromatic rings. The average Bonchev–Trinajstić information content (AvgIpc) is 3.10. The van der Waals surface area contributed by atoms with Crippen molar-refractivity contribution in [1.29, 1.82) is 0 Å². The number of carbonyl (C=O) groups is 3. The molecular formula is C19H26N2O4S. The first kappa shape index (κ1) is 20.3. The average molecular weight is 378 g/mol. The number of hydrogen-bond acceptors (Lipinski definition) is 4. The number of nitrogens with one attached hydrogen (secondary N) is 1. The first-order chi connectivity index (χ1) is 12.3. The Morgan fingerprint density at radius 2 is 2.04 bits per heavy atom. The Labute approximate surface area is 159 Å². The molecule has 0 aliphatic carbocycles. The SMILES string of the molecule is Cc1ccccc1C[C@H](CS)C(=O)N[C@@H](C)C(=O)N1CCC[C@@H]1C(=O)O. The highest BCUT2D eigenvalue weighted by molar-refractivity contribution is 7.80. The molecule has 0 saturated carbocycles. The van der Waals surface area contributed by atoms with E-state index in [4.69, 9.17) is 0 Å². The van der Waals surface area contributed by atoms with Crippen LogP contribution in [-0.4, -0.2) is 52.2 Å². The Bertz CT molecular complexity index is 679. The molecular weight excluding hydrogens is 352 g/mol. The molecule has 7 heteroatoms. The summed E-state index contributed by atoms with van der Waals surface area (Å²) in [6.07, 6.45) is 1.66. The predicted molar refractivity (Wildman–Crippen MR) is 102 cm³/mol. The van der Waals surface area contributed by atoms with Gasteiger partial charge in [-0.1, -0.05) is 24.3 Å². The maximum Gasteiger partial charge on any atom is 0.326 e. The third-order valence-electron chi connectivity index (χ3n) is 4.87. The molecule has 0 bridgehead atoms. The summed E-state index contributed by atoms with van der Waals surface area (Å²) in [5.74, 6) is -1.58. The second-order valence-electron chi connectivity index (χ2n) is 6.77. The van der Waals surface area contributed by atoms with Crippen molar-refractivity contribution in [3.05, 3.63) is 35.4 Å². The number of likely N-dealkylation sites (tertiary alicyclic amines) is 1. The van der Waals surface area contributed by atoms with Crippen molar-refractivity contribution >= 4 is 30.4 Å². The van der Waals surface area contributed by atoms with E-state index in [0.29, 0.717) is 31.6 Å². The highest BCUT2D eigenvalue weighted by Gasteiger charge is 2.36. The van der Waals surface area contributed by atoms with Gasteiger partial charge in [-0.05, 0) is 44.2 Å². The minimum atomic E-state index is -0.998. The summed E-state index contributed by atoms with van der Waals surface area (Å²) in [7, 11) is 0. The number of rotatable bonds is 7. The summed E-state index contributed by atoms with van der Waals surface area (Å²) in [5.41, 5.74) is 2.18. The van der Waals surface area contributed by atoms with E-state index in [1.54, 1.807) is 6.92 Å². The van der Waals surface area contributed by atoms with Gasteiger partial charge in [0.2, 0.25) is 11.8 Å². The number of aryl methyl sites for hydroxylation is 1. The fourth-order valence-electron chi connectivity index (χ4n) is 3.27. The van der Waals surface area contributed by atoms with Gasteiger partial charge in [-0.2, -0.15) is 12.6 Å². The van der Waals surface area contributed by atoms with Gasteiger partial charge in [0, 0.05) is 12.3 Å². The van der Waals surface area contributed by atoms with Crippen molar-refractivity contribution in [3.63, 3.8) is 0 Å². The number of carboxylic acids is 1. The number of amides is 2. The monoisotopic (exact) mass is 378 g/mol. The molecule has 2 amide bonds. The molecule has 2 rings (SSSR count). The van der Waals surface area contributed by atoms with Gasteiger partial charge in [0.25, 0.3) is 0 Å². The summed E-state index contributed by atoms with van der Waals surface area (Å²) in [4.78, 5) is 37.7. The van der Waals surface area contributed by atoms with Gasteiger partial charge in [0.05, 0.1) is 5.92 Å². The van der Waals surface area contributed by atoms with E-state index in [-0.39, 0.29) is 17.7 Å². The van der Waals surface area contributed by atoms with Crippen LogP contribution in [0.15, 0.2) is 24.3 Å². The van der Waals surface area contributed by atoms with Gasteiger partial charge in [-0.25, -0.2) is 4.79 Å². The van der Waals surface area contributed by atoms with Crippen LogP contribution in [0.5, 0.6) is 0 Å². The van der Waals surface area contributed by atoms with Gasteiger partial charge in [0.15, 0.2) is 0 Å². The fraction of sp³-hybridized carbons (Fsp3) is 0.526. The van der Waals surface area contributed by atoms with E-state index in [0.717, 1.165) is 11.1 Å². The van der Waals surface area contributed by atoms with Crippen molar-refractivity contribution in [2.75, 3.05) is 12.3 Å². The number of carbonyl (C=O) groups excluding carboxylic acids is 2. The Balaban J connectivity index is 1.99. The van der Waals surface area contributed by atoms with Crippen molar-refractivity contribution in [2.45, 2.75) is 45.2 Å².